The highest BCUT2D eigenvalue weighted by Crippen LogP contribution is 2.20. The minimum atomic E-state index is -0.540. The minimum absolute atomic E-state index is 0.0193. The number of hydrogen-bond donors (Lipinski definition) is 1. The predicted octanol–water partition coefficient (Wildman–Crippen LogP) is 6.26. The Bertz CT molecular complexity index is 920. The molecule has 178 valence electrons. The van der Waals surface area contributed by atoms with Crippen molar-refractivity contribution in [1.29, 1.82) is 0 Å². The Kier molecular flexibility index (Phi) is 9.37. The zero-order valence-corrected chi connectivity index (χ0v) is 20.9. The lowest BCUT2D eigenvalue weighted by molar-refractivity contribution is -0.141. The topological polar surface area (TPSA) is 49.4 Å². The first kappa shape index (κ1) is 25.3. The van der Waals surface area contributed by atoms with Crippen molar-refractivity contribution in [2.24, 2.45) is 0 Å². The number of rotatable bonds is 9. The van der Waals surface area contributed by atoms with Gasteiger partial charge in [-0.1, -0.05) is 81.1 Å². The lowest BCUT2D eigenvalue weighted by Crippen LogP contribution is -2.50. The maximum atomic E-state index is 13.3. The molecule has 5 heteroatoms. The van der Waals surface area contributed by atoms with Gasteiger partial charge in [0.25, 0.3) is 0 Å². The number of aryl methyl sites for hydroxylation is 1. The van der Waals surface area contributed by atoms with Crippen molar-refractivity contribution >= 4 is 23.4 Å². The van der Waals surface area contributed by atoms with Crippen molar-refractivity contribution in [3.63, 3.8) is 0 Å². The molecule has 2 aromatic carbocycles. The average molecular weight is 469 g/mol. The van der Waals surface area contributed by atoms with Crippen molar-refractivity contribution in [1.82, 2.24) is 10.2 Å². The lowest BCUT2D eigenvalue weighted by Gasteiger charge is -2.31. The van der Waals surface area contributed by atoms with Crippen molar-refractivity contribution in [3.05, 3.63) is 70.2 Å². The Morgan fingerprint density at radius 3 is 2.33 bits per heavy atom. The first-order valence-electron chi connectivity index (χ1n) is 12.3. The fourth-order valence-corrected chi connectivity index (χ4v) is 4.66. The molecule has 2 aromatic rings. The van der Waals surface area contributed by atoms with Crippen molar-refractivity contribution in [2.75, 3.05) is 0 Å². The van der Waals surface area contributed by atoms with Gasteiger partial charge in [0.1, 0.15) is 6.04 Å². The highest BCUT2D eigenvalue weighted by molar-refractivity contribution is 6.30. The van der Waals surface area contributed by atoms with Gasteiger partial charge >= 0.3 is 0 Å². The quantitative estimate of drug-likeness (QED) is 0.472. The van der Waals surface area contributed by atoms with E-state index in [1.165, 1.54) is 12.0 Å². The van der Waals surface area contributed by atoms with E-state index in [1.54, 1.807) is 4.90 Å². The summed E-state index contributed by atoms with van der Waals surface area (Å²) in [6.45, 7) is 6.54. The smallest absolute Gasteiger partial charge is 0.242 e. The molecule has 3 rings (SSSR count). The first-order valence-corrected chi connectivity index (χ1v) is 12.6. The fraction of sp³-hybridized carbons (Fsp3) is 0.500. The second-order valence-corrected chi connectivity index (χ2v) is 10.0. The standard InChI is InChI=1S/C28H37ClN2O2/c1-20(2)24-15-12-22(13-16-24)14-17-27(32)31(19-23-8-7-9-25(29)18-23)21(3)28(33)30-26-10-5-4-6-11-26/h7-9,12-13,15-16,18,20-21,26H,4-6,10-11,14,17,19H2,1-3H3,(H,30,33)/t21-/m1/s1. The molecule has 1 atom stereocenters. The van der Waals surface area contributed by atoms with Crippen molar-refractivity contribution in [2.45, 2.75) is 90.3 Å². The number of halogens is 1. The van der Waals surface area contributed by atoms with Crippen LogP contribution >= 0.6 is 11.6 Å². The van der Waals surface area contributed by atoms with Crippen LogP contribution in [-0.4, -0.2) is 28.8 Å². The van der Waals surface area contributed by atoms with E-state index in [4.69, 9.17) is 11.6 Å². The van der Waals surface area contributed by atoms with Gasteiger partial charge in [0.15, 0.2) is 0 Å². The number of hydrogen-bond acceptors (Lipinski definition) is 2. The maximum Gasteiger partial charge on any atom is 0.242 e. The third-order valence-corrected chi connectivity index (χ3v) is 6.87. The van der Waals surface area contributed by atoms with E-state index in [-0.39, 0.29) is 17.9 Å². The van der Waals surface area contributed by atoms with Crippen LogP contribution in [0, 0.1) is 0 Å². The fourth-order valence-electron chi connectivity index (χ4n) is 4.45. The van der Waals surface area contributed by atoms with Crippen LogP contribution in [0.15, 0.2) is 48.5 Å². The third kappa shape index (κ3) is 7.60. The number of nitrogens with zero attached hydrogens (tertiary/aromatic N) is 1. The Morgan fingerprint density at radius 1 is 1.00 bits per heavy atom. The molecule has 0 spiro atoms. The number of carbonyl (C=O) groups is 2. The van der Waals surface area contributed by atoms with E-state index < -0.39 is 6.04 Å². The van der Waals surface area contributed by atoms with Crippen LogP contribution in [0.4, 0.5) is 0 Å². The number of amides is 2. The highest BCUT2D eigenvalue weighted by Gasteiger charge is 2.28. The molecule has 1 fully saturated rings. The highest BCUT2D eigenvalue weighted by atomic mass is 35.5. The Labute approximate surface area is 203 Å². The van der Waals surface area contributed by atoms with Gasteiger partial charge in [-0.05, 0) is 60.9 Å². The molecule has 0 radical (unpaired) electrons. The summed E-state index contributed by atoms with van der Waals surface area (Å²) < 4.78 is 0. The average Bonchev–Trinajstić information content (AvgIpc) is 2.81. The summed E-state index contributed by atoms with van der Waals surface area (Å²) in [4.78, 5) is 28.1. The molecule has 1 N–H and O–H groups in total. The molecule has 0 aromatic heterocycles. The van der Waals surface area contributed by atoms with E-state index in [0.29, 0.717) is 30.3 Å². The van der Waals surface area contributed by atoms with E-state index in [1.807, 2.05) is 31.2 Å². The zero-order chi connectivity index (χ0) is 23.8. The number of carbonyl (C=O) groups excluding carboxylic acids is 2. The summed E-state index contributed by atoms with van der Waals surface area (Å²) in [5.74, 6) is 0.394. The van der Waals surface area contributed by atoms with Crippen molar-refractivity contribution < 1.29 is 9.59 Å². The second-order valence-electron chi connectivity index (χ2n) is 9.57. The van der Waals surface area contributed by atoms with Gasteiger partial charge in [-0.25, -0.2) is 0 Å². The van der Waals surface area contributed by atoms with E-state index in [2.05, 4.69) is 43.4 Å². The normalized spacial score (nSPS) is 15.3. The molecule has 33 heavy (non-hydrogen) atoms. The van der Waals surface area contributed by atoms with E-state index >= 15 is 0 Å². The van der Waals surface area contributed by atoms with Gasteiger partial charge in [0, 0.05) is 24.0 Å². The molecule has 2 amide bonds. The Morgan fingerprint density at radius 2 is 1.70 bits per heavy atom. The van der Waals surface area contributed by atoms with Gasteiger partial charge in [-0.3, -0.25) is 9.59 Å². The van der Waals surface area contributed by atoms with Gasteiger partial charge in [-0.15, -0.1) is 0 Å². The molecule has 0 saturated heterocycles. The second kappa shape index (κ2) is 12.2. The molecule has 4 nitrogen and oxygen atoms in total. The third-order valence-electron chi connectivity index (χ3n) is 6.63. The molecule has 0 aliphatic heterocycles. The van der Waals surface area contributed by atoms with E-state index in [9.17, 15) is 9.59 Å². The maximum absolute atomic E-state index is 13.3. The summed E-state index contributed by atoms with van der Waals surface area (Å²) in [7, 11) is 0. The van der Waals surface area contributed by atoms with Gasteiger partial charge in [-0.2, -0.15) is 0 Å². The van der Waals surface area contributed by atoms with Crippen LogP contribution in [0.1, 0.15) is 81.9 Å². The molecule has 1 aliphatic carbocycles. The number of nitrogens with one attached hydrogen (secondary N) is 1. The minimum Gasteiger partial charge on any atom is -0.352 e. The van der Waals surface area contributed by atoms with E-state index in [0.717, 1.165) is 36.8 Å². The molecular weight excluding hydrogens is 432 g/mol. The van der Waals surface area contributed by atoms with Crippen LogP contribution in [0.5, 0.6) is 0 Å². The van der Waals surface area contributed by atoms with Crippen molar-refractivity contribution in [3.8, 4) is 0 Å². The summed E-state index contributed by atoms with van der Waals surface area (Å²) in [6, 6.07) is 15.6. The van der Waals surface area contributed by atoms with Gasteiger partial charge < -0.3 is 10.2 Å². The molecule has 1 aliphatic rings. The summed E-state index contributed by atoms with van der Waals surface area (Å²) in [5.41, 5.74) is 3.35. The Balaban J connectivity index is 1.69. The number of benzene rings is 2. The monoisotopic (exact) mass is 468 g/mol. The van der Waals surface area contributed by atoms with Crippen LogP contribution in [0.3, 0.4) is 0 Å². The van der Waals surface area contributed by atoms with Crippen LogP contribution in [0.25, 0.3) is 0 Å². The molecule has 0 unspecified atom stereocenters. The van der Waals surface area contributed by atoms with Crippen LogP contribution < -0.4 is 5.32 Å². The molecular formula is C28H37ClN2O2. The SMILES string of the molecule is CC(C)c1ccc(CCC(=O)N(Cc2cccc(Cl)c2)[C@H](C)C(=O)NC2CCCCC2)cc1. The summed E-state index contributed by atoms with van der Waals surface area (Å²) in [6.07, 6.45) is 6.60. The van der Waals surface area contributed by atoms with Crippen LogP contribution in [0.2, 0.25) is 5.02 Å². The van der Waals surface area contributed by atoms with Gasteiger partial charge in [0.2, 0.25) is 11.8 Å². The molecule has 0 heterocycles. The van der Waals surface area contributed by atoms with Crippen LogP contribution in [-0.2, 0) is 22.6 Å². The molecule has 0 bridgehead atoms. The lowest BCUT2D eigenvalue weighted by atomic mass is 9.95. The first-order chi connectivity index (χ1) is 15.8. The summed E-state index contributed by atoms with van der Waals surface area (Å²) in [5, 5.41) is 3.81. The summed E-state index contributed by atoms with van der Waals surface area (Å²) >= 11 is 6.17. The Hall–Kier alpha value is -2.33. The zero-order valence-electron chi connectivity index (χ0n) is 20.1. The largest absolute Gasteiger partial charge is 0.352 e. The van der Waals surface area contributed by atoms with Gasteiger partial charge in [0.05, 0.1) is 0 Å². The predicted molar refractivity (Wildman–Crippen MR) is 135 cm³/mol. The molecule has 1 saturated carbocycles.